The number of unbranched alkanes of at least 4 members (excludes halogenated alkanes) is 1. The molecule has 1 aromatic heterocycles. The van der Waals surface area contributed by atoms with Gasteiger partial charge in [0.15, 0.2) is 6.23 Å². The summed E-state index contributed by atoms with van der Waals surface area (Å²) in [4.78, 5) is 26.3. The van der Waals surface area contributed by atoms with E-state index in [1.165, 1.54) is 17.3 Å². The fraction of sp³-hybridized carbons (Fsp3) is 0.545. The molecule has 8 heteroatoms. The lowest BCUT2D eigenvalue weighted by Crippen LogP contribution is -2.38. The first kappa shape index (κ1) is 23.8. The van der Waals surface area contributed by atoms with Crippen molar-refractivity contribution >= 4 is 0 Å². The number of nitrogens with zero attached hydrogens (tertiary/aromatic N) is 1. The minimum absolute atomic E-state index is 0.0524. The normalized spacial score (nSPS) is 23.7. The van der Waals surface area contributed by atoms with Crippen LogP contribution in [0.1, 0.15) is 58.2 Å². The number of aromatic amines is 1. The van der Waals surface area contributed by atoms with Crippen LogP contribution in [0.15, 0.2) is 39.1 Å². The molecule has 0 unspecified atom stereocenters. The van der Waals surface area contributed by atoms with E-state index in [1.807, 2.05) is 0 Å². The van der Waals surface area contributed by atoms with E-state index in [4.69, 9.17) is 4.74 Å². The van der Waals surface area contributed by atoms with Gasteiger partial charge in [0.25, 0.3) is 5.56 Å². The van der Waals surface area contributed by atoms with Crippen molar-refractivity contribution in [3.63, 3.8) is 0 Å². The summed E-state index contributed by atoms with van der Waals surface area (Å²) in [5.41, 5.74) is 1.21. The van der Waals surface area contributed by atoms with Crippen LogP contribution >= 0.6 is 0 Å². The summed E-state index contributed by atoms with van der Waals surface area (Å²) in [5.74, 6) is 5.66. The molecule has 1 saturated heterocycles. The van der Waals surface area contributed by atoms with Gasteiger partial charge in [-0.15, -0.1) is 0 Å². The molecule has 8 nitrogen and oxygen atoms in total. The van der Waals surface area contributed by atoms with Crippen molar-refractivity contribution < 1.29 is 20.1 Å². The minimum Gasteiger partial charge on any atom is -0.394 e. The fourth-order valence-electron chi connectivity index (χ4n) is 3.11. The Hall–Kier alpha value is -2.44. The van der Waals surface area contributed by atoms with Crippen molar-refractivity contribution in [3.05, 3.63) is 55.9 Å². The summed E-state index contributed by atoms with van der Waals surface area (Å²) in [6.45, 7) is 5.72. The first-order valence-corrected chi connectivity index (χ1v) is 10.0. The van der Waals surface area contributed by atoms with Crippen LogP contribution in [0.2, 0.25) is 0 Å². The van der Waals surface area contributed by atoms with E-state index in [0.717, 1.165) is 23.8 Å². The lowest BCUT2D eigenvalue weighted by Gasteiger charge is -2.17. The van der Waals surface area contributed by atoms with Crippen molar-refractivity contribution in [2.24, 2.45) is 0 Å². The van der Waals surface area contributed by atoms with Crippen molar-refractivity contribution in [2.45, 2.75) is 71.0 Å². The van der Waals surface area contributed by atoms with Gasteiger partial charge >= 0.3 is 5.69 Å². The van der Waals surface area contributed by atoms with E-state index >= 15 is 0 Å². The molecule has 0 aromatic carbocycles. The van der Waals surface area contributed by atoms with E-state index in [0.29, 0.717) is 6.42 Å². The molecule has 0 aliphatic carbocycles. The van der Waals surface area contributed by atoms with Crippen LogP contribution in [0.25, 0.3) is 0 Å². The summed E-state index contributed by atoms with van der Waals surface area (Å²) in [5, 5.41) is 29.2. The molecule has 1 fully saturated rings. The molecule has 2 rings (SSSR count). The Balaban J connectivity index is 2.06. The van der Waals surface area contributed by atoms with Gasteiger partial charge in [-0.2, -0.15) is 0 Å². The number of H-pyrrole nitrogens is 1. The minimum atomic E-state index is -1.42. The van der Waals surface area contributed by atoms with Gasteiger partial charge in [0.05, 0.1) is 6.61 Å². The number of hydrogen-bond acceptors (Lipinski definition) is 6. The Kier molecular flexibility index (Phi) is 8.81. The van der Waals surface area contributed by atoms with Gasteiger partial charge in [-0.25, -0.2) is 4.79 Å². The summed E-state index contributed by atoms with van der Waals surface area (Å²) in [7, 11) is 0. The maximum atomic E-state index is 12.1. The zero-order valence-corrected chi connectivity index (χ0v) is 17.6. The molecule has 1 aromatic rings. The molecule has 30 heavy (non-hydrogen) atoms. The number of rotatable bonds is 7. The third-order valence-electron chi connectivity index (χ3n) is 4.84. The zero-order valence-electron chi connectivity index (χ0n) is 17.6. The molecule has 4 N–H and O–H groups in total. The van der Waals surface area contributed by atoms with E-state index < -0.39 is 42.4 Å². The molecule has 1 aliphatic heterocycles. The highest BCUT2D eigenvalue weighted by atomic mass is 16.6. The van der Waals surface area contributed by atoms with Crippen molar-refractivity contribution in [1.29, 1.82) is 0 Å². The standard InChI is InChI=1S/C22H30N2O6/c1-14(2)8-7-10-15(3)9-5-4-6-11-16-12-24(22(29)23-20(16)28)21-19(27)18(26)17(13-25)30-21/h8-9,12,17-19,21,25-27H,4-5,7,10,13H2,1-3H3,(H,23,28,29)/b15-9+/t17-,18-,19-,21-/m1/s1. The van der Waals surface area contributed by atoms with Gasteiger partial charge in [-0.1, -0.05) is 35.1 Å². The largest absolute Gasteiger partial charge is 0.394 e. The summed E-state index contributed by atoms with van der Waals surface area (Å²) in [6, 6.07) is 0. The highest BCUT2D eigenvalue weighted by Crippen LogP contribution is 2.27. The number of aliphatic hydroxyl groups is 3. The average Bonchev–Trinajstić information content (AvgIpc) is 2.97. The summed E-state index contributed by atoms with van der Waals surface area (Å²) < 4.78 is 6.32. The zero-order chi connectivity index (χ0) is 22.3. The van der Waals surface area contributed by atoms with Gasteiger partial charge in [0.2, 0.25) is 0 Å². The maximum Gasteiger partial charge on any atom is 0.330 e. The topological polar surface area (TPSA) is 125 Å². The molecular formula is C22H30N2O6. The Bertz CT molecular complexity index is 958. The van der Waals surface area contributed by atoms with Crippen LogP contribution < -0.4 is 11.2 Å². The van der Waals surface area contributed by atoms with E-state index in [9.17, 15) is 24.9 Å². The molecule has 0 bridgehead atoms. The molecule has 0 radical (unpaired) electrons. The number of allylic oxidation sites excluding steroid dienone is 4. The molecule has 1 aliphatic rings. The molecule has 164 valence electrons. The van der Waals surface area contributed by atoms with Gasteiger partial charge < -0.3 is 20.1 Å². The van der Waals surface area contributed by atoms with Crippen LogP contribution in [-0.2, 0) is 4.74 Å². The first-order valence-electron chi connectivity index (χ1n) is 10.0. The number of aliphatic hydroxyl groups excluding tert-OH is 3. The Labute approximate surface area is 175 Å². The van der Waals surface area contributed by atoms with Crippen molar-refractivity contribution in [1.82, 2.24) is 9.55 Å². The van der Waals surface area contributed by atoms with Gasteiger partial charge in [0, 0.05) is 12.6 Å². The van der Waals surface area contributed by atoms with E-state index in [1.54, 1.807) is 0 Å². The molecule has 2 heterocycles. The Morgan fingerprint density at radius 1 is 1.20 bits per heavy atom. The van der Waals surface area contributed by atoms with Crippen LogP contribution in [0.4, 0.5) is 0 Å². The molecule has 0 amide bonds. The highest BCUT2D eigenvalue weighted by Gasteiger charge is 2.43. The lowest BCUT2D eigenvalue weighted by atomic mass is 10.1. The number of nitrogens with one attached hydrogen (secondary N) is 1. The second-order valence-corrected chi connectivity index (χ2v) is 7.65. The monoisotopic (exact) mass is 418 g/mol. The van der Waals surface area contributed by atoms with Crippen LogP contribution in [0.5, 0.6) is 0 Å². The maximum absolute atomic E-state index is 12.1. The number of aromatic nitrogens is 2. The fourth-order valence-corrected chi connectivity index (χ4v) is 3.11. The van der Waals surface area contributed by atoms with Crippen LogP contribution in [0, 0.1) is 11.8 Å². The summed E-state index contributed by atoms with van der Waals surface area (Å²) >= 11 is 0. The molecule has 4 atom stereocenters. The van der Waals surface area contributed by atoms with Gasteiger partial charge in [-0.05, 0) is 40.0 Å². The predicted molar refractivity (Wildman–Crippen MR) is 113 cm³/mol. The predicted octanol–water partition coefficient (Wildman–Crippen LogP) is 0.972. The van der Waals surface area contributed by atoms with Crippen molar-refractivity contribution in [2.75, 3.05) is 6.61 Å². The lowest BCUT2D eigenvalue weighted by molar-refractivity contribution is -0.0550. The Morgan fingerprint density at radius 2 is 1.93 bits per heavy atom. The van der Waals surface area contributed by atoms with Gasteiger partial charge in [0.1, 0.15) is 23.9 Å². The third-order valence-corrected chi connectivity index (χ3v) is 4.84. The van der Waals surface area contributed by atoms with Crippen molar-refractivity contribution in [3.8, 4) is 11.8 Å². The van der Waals surface area contributed by atoms with E-state index in [2.05, 4.69) is 49.7 Å². The molecule has 0 saturated carbocycles. The van der Waals surface area contributed by atoms with Crippen LogP contribution in [0.3, 0.4) is 0 Å². The quantitative estimate of drug-likeness (QED) is 0.297. The second kappa shape index (κ2) is 11.1. The average molecular weight is 418 g/mol. The first-order chi connectivity index (χ1) is 14.2. The third kappa shape index (κ3) is 6.28. The van der Waals surface area contributed by atoms with E-state index in [-0.39, 0.29) is 5.56 Å². The van der Waals surface area contributed by atoms with Crippen LogP contribution in [-0.4, -0.2) is 49.8 Å². The number of ether oxygens (including phenoxy) is 1. The highest BCUT2D eigenvalue weighted by molar-refractivity contribution is 5.29. The smallest absolute Gasteiger partial charge is 0.330 e. The SMILES string of the molecule is CC(C)=CCC/C(C)=C/CCC#Cc1cn([C@@H]2O[C@H](CO)[C@@H](O)[C@H]2O)c(=O)[nH]c1=O. The Morgan fingerprint density at radius 3 is 2.57 bits per heavy atom. The second-order valence-electron chi connectivity index (χ2n) is 7.65. The molecular weight excluding hydrogens is 388 g/mol. The molecule has 0 spiro atoms. The van der Waals surface area contributed by atoms with Gasteiger partial charge in [-0.3, -0.25) is 14.3 Å². The number of hydrogen-bond donors (Lipinski definition) is 4. The summed E-state index contributed by atoms with van der Waals surface area (Å²) in [6.07, 6.45) is 3.80.